The number of aliphatic hydroxyl groups excluding tert-OH is 1. The predicted octanol–water partition coefficient (Wildman–Crippen LogP) is 7.63. The largest absolute Gasteiger partial charge is 0.493 e. The van der Waals surface area contributed by atoms with Crippen LogP contribution >= 0.6 is 11.8 Å². The van der Waals surface area contributed by atoms with E-state index in [1.54, 1.807) is 25.1 Å². The molecule has 3 amide bonds. The predicted molar refractivity (Wildman–Crippen MR) is 245 cm³/mol. The van der Waals surface area contributed by atoms with Crippen molar-refractivity contribution in [3.63, 3.8) is 0 Å². The van der Waals surface area contributed by atoms with E-state index in [4.69, 9.17) is 14.2 Å². The molecule has 0 radical (unpaired) electrons. The van der Waals surface area contributed by atoms with Gasteiger partial charge in [-0.2, -0.15) is 0 Å². The summed E-state index contributed by atoms with van der Waals surface area (Å²) in [5.74, 6) is -1.55. The summed E-state index contributed by atoms with van der Waals surface area (Å²) in [6.45, 7) is 2.35. The number of pyridine rings is 1. The van der Waals surface area contributed by atoms with E-state index in [2.05, 4.69) is 26.3 Å². The number of rotatable bonds is 21. The van der Waals surface area contributed by atoms with Crippen LogP contribution in [0.2, 0.25) is 0 Å². The van der Waals surface area contributed by atoms with Crippen molar-refractivity contribution >= 4 is 67.8 Å². The van der Waals surface area contributed by atoms with Gasteiger partial charge in [0, 0.05) is 65.8 Å². The van der Waals surface area contributed by atoms with Crippen molar-refractivity contribution in [2.45, 2.75) is 57.7 Å². The summed E-state index contributed by atoms with van der Waals surface area (Å²) >= 11 is 0.924. The number of hydrogen-bond donors (Lipinski definition) is 5. The molecule has 4 aromatic carbocycles. The normalized spacial score (nSPS) is 13.8. The standard InChI is InChI=1S/C48H50F2N6O8S/c1-29(57)53-38(23-30-27-56(2)39-10-6-5-9-34(30)39)45(59)65-28-44(58)52-20-7-4-8-22-63-43-26-37-35(25-42(43)62-3)40(17-21-51-37)64-41-16-15-33(24-36(41)50)55-47(61)48(18-19-48)46(60)54-32-13-11-31(49)12-14-32/h5-6,9-17,21,24-27,29,38,53,57H,4,7-8,18-20,22-23,28H2,1-3H3,(H,52,58)(H,54,60)(H,55,61)/t29?,38-/m1/s1. The molecule has 1 aliphatic rings. The molecule has 17 heteroatoms. The van der Waals surface area contributed by atoms with E-state index in [1.807, 2.05) is 42.1 Å². The minimum absolute atomic E-state index is 0.0371. The van der Waals surface area contributed by atoms with Crippen LogP contribution in [0.1, 0.15) is 44.6 Å². The summed E-state index contributed by atoms with van der Waals surface area (Å²) in [6.07, 6.45) is 5.73. The smallest absolute Gasteiger partial charge is 0.240 e. The first-order valence-corrected chi connectivity index (χ1v) is 22.2. The summed E-state index contributed by atoms with van der Waals surface area (Å²) in [5, 5.41) is 22.4. The molecule has 1 unspecified atom stereocenters. The molecule has 0 aliphatic heterocycles. The van der Waals surface area contributed by atoms with E-state index < -0.39 is 41.1 Å². The van der Waals surface area contributed by atoms with Gasteiger partial charge < -0.3 is 39.8 Å². The number of nitrogens with one attached hydrogen (secondary N) is 4. The first-order chi connectivity index (χ1) is 31.3. The average molecular weight is 909 g/mol. The Morgan fingerprint density at radius 1 is 0.862 bits per heavy atom. The number of halogens is 2. The van der Waals surface area contributed by atoms with Crippen molar-refractivity contribution in [2.24, 2.45) is 12.5 Å². The Balaban J connectivity index is 0.851. The number of fused-ring (bicyclic) bond motifs is 2. The molecule has 1 aliphatic carbocycles. The highest BCUT2D eigenvalue weighted by Crippen LogP contribution is 2.48. The summed E-state index contributed by atoms with van der Waals surface area (Å²) in [7, 11) is 3.45. The maximum absolute atomic E-state index is 15.4. The van der Waals surface area contributed by atoms with Gasteiger partial charge in [-0.25, -0.2) is 8.78 Å². The van der Waals surface area contributed by atoms with Gasteiger partial charge in [0.05, 0.1) is 31.0 Å². The number of aliphatic hydroxyl groups is 1. The van der Waals surface area contributed by atoms with E-state index in [1.165, 1.54) is 49.7 Å². The van der Waals surface area contributed by atoms with Crippen LogP contribution in [0, 0.1) is 17.0 Å². The third kappa shape index (κ3) is 11.6. The maximum Gasteiger partial charge on any atom is 0.240 e. The highest BCUT2D eigenvalue weighted by Gasteiger charge is 2.56. The number of thioether (sulfide) groups is 1. The fraction of sp³-hybridized carbons (Fsp3) is 0.312. The zero-order chi connectivity index (χ0) is 46.1. The summed E-state index contributed by atoms with van der Waals surface area (Å²) in [6, 6.07) is 21.4. The number of aromatic nitrogens is 2. The van der Waals surface area contributed by atoms with Gasteiger partial charge in [0.2, 0.25) is 22.8 Å². The van der Waals surface area contributed by atoms with Gasteiger partial charge in [-0.05, 0) is 106 Å². The maximum atomic E-state index is 15.4. The van der Waals surface area contributed by atoms with Crippen LogP contribution < -0.4 is 35.5 Å². The van der Waals surface area contributed by atoms with E-state index in [-0.39, 0.29) is 28.2 Å². The number of methoxy groups -OCH3 is 1. The minimum Gasteiger partial charge on any atom is -0.493 e. The van der Waals surface area contributed by atoms with Crippen LogP contribution in [0.3, 0.4) is 0 Å². The molecule has 1 saturated carbocycles. The molecule has 2 atom stereocenters. The second-order valence-corrected chi connectivity index (χ2v) is 16.8. The Morgan fingerprint density at radius 2 is 1.60 bits per heavy atom. The van der Waals surface area contributed by atoms with Crippen LogP contribution in [-0.2, 0) is 32.6 Å². The number of carbonyl (C=O) groups excluding carboxylic acids is 4. The van der Waals surface area contributed by atoms with E-state index in [9.17, 15) is 28.7 Å². The molecule has 2 aromatic heterocycles. The highest BCUT2D eigenvalue weighted by molar-refractivity contribution is 8.14. The lowest BCUT2D eigenvalue weighted by molar-refractivity contribution is -0.131. The van der Waals surface area contributed by atoms with Gasteiger partial charge in [-0.1, -0.05) is 30.0 Å². The number of amides is 3. The van der Waals surface area contributed by atoms with Crippen LogP contribution in [0.5, 0.6) is 23.0 Å². The van der Waals surface area contributed by atoms with Crippen molar-refractivity contribution in [3.8, 4) is 23.0 Å². The summed E-state index contributed by atoms with van der Waals surface area (Å²) in [4.78, 5) is 56.3. The molecule has 1 fully saturated rings. The Labute approximate surface area is 378 Å². The Morgan fingerprint density at radius 3 is 2.32 bits per heavy atom. The topological polar surface area (TPSA) is 182 Å². The van der Waals surface area contributed by atoms with Gasteiger partial charge >= 0.3 is 0 Å². The number of nitrogens with zero attached hydrogens (tertiary/aromatic N) is 2. The van der Waals surface area contributed by atoms with Crippen molar-refractivity contribution in [1.29, 1.82) is 0 Å². The first kappa shape index (κ1) is 46.4. The van der Waals surface area contributed by atoms with Gasteiger partial charge in [-0.15, -0.1) is 0 Å². The zero-order valence-corrected chi connectivity index (χ0v) is 36.9. The Hall–Kier alpha value is -6.56. The third-order valence-electron chi connectivity index (χ3n) is 11.0. The van der Waals surface area contributed by atoms with Gasteiger partial charge in [-0.3, -0.25) is 29.5 Å². The lowest BCUT2D eigenvalue weighted by Crippen LogP contribution is -2.43. The second kappa shape index (κ2) is 21.0. The van der Waals surface area contributed by atoms with Gasteiger partial charge in [0.15, 0.2) is 23.1 Å². The molecule has 14 nitrogen and oxygen atoms in total. The van der Waals surface area contributed by atoms with Crippen molar-refractivity contribution in [1.82, 2.24) is 20.2 Å². The van der Waals surface area contributed by atoms with Crippen LogP contribution in [-0.4, -0.2) is 75.8 Å². The van der Waals surface area contributed by atoms with Gasteiger partial charge in [0.25, 0.3) is 0 Å². The molecule has 6 aromatic rings. The van der Waals surface area contributed by atoms with E-state index in [0.717, 1.165) is 40.7 Å². The lowest BCUT2D eigenvalue weighted by Gasteiger charge is -2.19. The first-order valence-electron chi connectivity index (χ1n) is 21.2. The molecule has 0 spiro atoms. The summed E-state index contributed by atoms with van der Waals surface area (Å²) < 4.78 is 48.3. The number of aryl methyl sites for hydroxylation is 1. The number of ether oxygens (including phenoxy) is 3. The van der Waals surface area contributed by atoms with E-state index in [0.29, 0.717) is 79.1 Å². The second-order valence-electron chi connectivity index (χ2n) is 15.8. The number of anilines is 2. The number of carbonyl (C=O) groups is 4. The zero-order valence-electron chi connectivity index (χ0n) is 36.1. The minimum atomic E-state index is -1.31. The van der Waals surface area contributed by atoms with Crippen molar-refractivity contribution < 1.29 is 47.3 Å². The lowest BCUT2D eigenvalue weighted by atomic mass is 10.0. The molecule has 7 rings (SSSR count). The Bertz CT molecular complexity index is 2690. The SMILES string of the molecule is COc1cc2c(Oc3ccc(NC(=O)C4(C(=O)Nc5ccc(F)cc5)CC4)cc3F)ccnc2cc1OCCCCCNC(=O)CSC(=O)[C@@H](Cc1cn(C)c2ccccc12)NC(C)O. The van der Waals surface area contributed by atoms with Crippen LogP contribution in [0.25, 0.3) is 21.8 Å². The van der Waals surface area contributed by atoms with Crippen LogP contribution in [0.15, 0.2) is 97.3 Å². The van der Waals surface area contributed by atoms with Gasteiger partial charge in [0.1, 0.15) is 23.2 Å². The fourth-order valence-corrected chi connectivity index (χ4v) is 8.13. The molecule has 0 saturated heterocycles. The number of para-hydroxylation sites is 1. The third-order valence-corrected chi connectivity index (χ3v) is 12.0. The molecule has 5 N–H and O–H groups in total. The number of benzene rings is 4. The van der Waals surface area contributed by atoms with Crippen molar-refractivity contribution in [3.05, 3.63) is 115 Å². The molecule has 2 heterocycles. The van der Waals surface area contributed by atoms with Crippen LogP contribution in [0.4, 0.5) is 20.2 Å². The Kier molecular flexibility index (Phi) is 15.0. The van der Waals surface area contributed by atoms with E-state index >= 15 is 4.39 Å². The quantitative estimate of drug-likeness (QED) is 0.0272. The fourth-order valence-electron chi connectivity index (χ4n) is 7.40. The monoisotopic (exact) mass is 908 g/mol. The average Bonchev–Trinajstić information content (AvgIpc) is 4.05. The molecular formula is C48H50F2N6O8S. The molecule has 340 valence electrons. The summed E-state index contributed by atoms with van der Waals surface area (Å²) in [5.41, 5.74) is 1.71. The molecule has 65 heavy (non-hydrogen) atoms. The number of unbranched alkanes of at least 4 members (excludes halogenated alkanes) is 2. The highest BCUT2D eigenvalue weighted by atomic mass is 32.2. The molecule has 0 bridgehead atoms. The molecular weight excluding hydrogens is 859 g/mol. The number of hydrogen-bond acceptors (Lipinski definition) is 11. The van der Waals surface area contributed by atoms with Crippen molar-refractivity contribution in [2.75, 3.05) is 36.6 Å².